The minimum atomic E-state index is -1.39. The van der Waals surface area contributed by atoms with Crippen LogP contribution in [-0.4, -0.2) is 81.3 Å². The fourth-order valence-corrected chi connectivity index (χ4v) is 6.05. The van der Waals surface area contributed by atoms with E-state index in [4.69, 9.17) is 16.3 Å². The van der Waals surface area contributed by atoms with Crippen molar-refractivity contribution < 1.29 is 29.2 Å². The molecule has 1 amide bonds. The molecule has 2 heterocycles. The van der Waals surface area contributed by atoms with Crippen molar-refractivity contribution in [1.29, 1.82) is 0 Å². The number of alkyl halides is 1. The summed E-state index contributed by atoms with van der Waals surface area (Å²) >= 11 is 7.60. The van der Waals surface area contributed by atoms with Crippen molar-refractivity contribution in [3.8, 4) is 0 Å². The van der Waals surface area contributed by atoms with E-state index in [-0.39, 0.29) is 17.8 Å². The quantitative estimate of drug-likeness (QED) is 0.226. The van der Waals surface area contributed by atoms with Gasteiger partial charge in [0.05, 0.1) is 17.5 Å². The number of benzene rings is 1. The van der Waals surface area contributed by atoms with E-state index in [9.17, 15) is 24.5 Å². The van der Waals surface area contributed by atoms with Crippen LogP contribution in [0.3, 0.4) is 0 Å². The summed E-state index contributed by atoms with van der Waals surface area (Å²) in [5, 5.41) is 36.7. The molecule has 9 atom stereocenters. The Balaban J connectivity index is 1.48. The first kappa shape index (κ1) is 29.6. The Hall–Kier alpha value is -0.940. The van der Waals surface area contributed by atoms with Crippen LogP contribution in [0.1, 0.15) is 51.0 Å². The number of halogens is 2. The Morgan fingerprint density at radius 1 is 1.22 bits per heavy atom. The summed E-state index contributed by atoms with van der Waals surface area (Å²) in [4.78, 5) is 13.1. The molecule has 0 radical (unpaired) electrons. The first-order chi connectivity index (χ1) is 17.2. The highest BCUT2D eigenvalue weighted by Crippen LogP contribution is 2.30. The van der Waals surface area contributed by atoms with Crippen molar-refractivity contribution in [2.45, 2.75) is 99.2 Å². The molecule has 0 spiro atoms. The van der Waals surface area contributed by atoms with Crippen molar-refractivity contribution in [3.05, 3.63) is 35.6 Å². The zero-order valence-electron chi connectivity index (χ0n) is 21.0. The van der Waals surface area contributed by atoms with Crippen LogP contribution >= 0.6 is 23.4 Å². The third-order valence-electron chi connectivity index (χ3n) is 7.34. The largest absolute Gasteiger partial charge is 0.388 e. The van der Waals surface area contributed by atoms with E-state index in [1.165, 1.54) is 17.8 Å². The number of rotatable bonds is 10. The average Bonchev–Trinajstić information content (AvgIpc) is 3.10. The second-order valence-electron chi connectivity index (χ2n) is 10.0. The first-order valence-corrected chi connectivity index (χ1v) is 14.6. The predicted molar refractivity (Wildman–Crippen MR) is 141 cm³/mol. The lowest BCUT2D eigenvalue weighted by atomic mass is 9.91. The van der Waals surface area contributed by atoms with Crippen LogP contribution in [0, 0.1) is 11.7 Å². The molecule has 0 bridgehead atoms. The molecule has 2 fully saturated rings. The molecule has 3 rings (SSSR count). The van der Waals surface area contributed by atoms with E-state index in [0.29, 0.717) is 12.3 Å². The first-order valence-electron chi connectivity index (χ1n) is 12.9. The summed E-state index contributed by atoms with van der Waals surface area (Å²) in [6.07, 6.45) is 3.39. The number of aliphatic hydroxyl groups is 3. The van der Waals surface area contributed by atoms with Gasteiger partial charge in [0.25, 0.3) is 0 Å². The molecule has 2 aliphatic heterocycles. The van der Waals surface area contributed by atoms with Crippen LogP contribution < -0.4 is 10.6 Å². The fraction of sp³-hybridized carbons (Fsp3) is 0.731. The van der Waals surface area contributed by atoms with Crippen molar-refractivity contribution in [2.24, 2.45) is 5.92 Å². The molecule has 10 heteroatoms. The number of unbranched alkanes of at least 4 members (excludes halogenated alkanes) is 1. The molecule has 2 saturated heterocycles. The zero-order chi connectivity index (χ0) is 26.2. The Labute approximate surface area is 222 Å². The van der Waals surface area contributed by atoms with Crippen LogP contribution in [0.5, 0.6) is 0 Å². The monoisotopic (exact) mass is 546 g/mol. The number of carbonyl (C=O) groups excluding carboxylic acids is 1. The molecule has 0 saturated carbocycles. The van der Waals surface area contributed by atoms with Gasteiger partial charge in [0.15, 0.2) is 0 Å². The van der Waals surface area contributed by atoms with Crippen molar-refractivity contribution in [2.75, 3.05) is 12.8 Å². The number of hydrogen-bond acceptors (Lipinski definition) is 7. The standard InChI is InChI=1S/C26H40ClFN2O5S/c1-15(27)20(24-22(32)21(31)23(33)26(35-24)36-2)30-25(34)19-11-10-16(12-13-29-19)6-3-4-7-17-8-5-9-18(28)14-17/h5,8-9,14-16,19-24,26,29,31-33H,3-4,6-7,10-13H2,1-2H3,(H,30,34)/t15-,16-,19-,20+,21?,22?,23+,24+,26?/m0/s1. The van der Waals surface area contributed by atoms with Gasteiger partial charge in [-0.1, -0.05) is 25.0 Å². The Kier molecular flexibility index (Phi) is 11.7. The van der Waals surface area contributed by atoms with Gasteiger partial charge in [-0.05, 0) is 75.4 Å². The van der Waals surface area contributed by atoms with Crippen LogP contribution in [0.2, 0.25) is 0 Å². The lowest BCUT2D eigenvalue weighted by molar-refractivity contribution is -0.205. The van der Waals surface area contributed by atoms with Gasteiger partial charge < -0.3 is 30.7 Å². The van der Waals surface area contributed by atoms with Crippen LogP contribution in [0.4, 0.5) is 4.39 Å². The maximum absolute atomic E-state index is 13.3. The SMILES string of the molecule is CSC1O[C@H]([C@H](NC(=O)[C@@H]2CC[C@H](CCCCc3cccc(F)c3)CCN2)[C@H](C)Cl)C(O)C(O)[C@H]1O. The summed E-state index contributed by atoms with van der Waals surface area (Å²) in [6.45, 7) is 2.43. The van der Waals surface area contributed by atoms with E-state index in [1.54, 1.807) is 25.3 Å². The Morgan fingerprint density at radius 3 is 2.69 bits per heavy atom. The van der Waals surface area contributed by atoms with Gasteiger partial charge in [0.2, 0.25) is 5.91 Å². The number of amides is 1. The molecule has 1 aromatic rings. The molecular weight excluding hydrogens is 507 g/mol. The van der Waals surface area contributed by atoms with Gasteiger partial charge in [0, 0.05) is 0 Å². The number of ether oxygens (including phenoxy) is 1. The second-order valence-corrected chi connectivity index (χ2v) is 11.6. The van der Waals surface area contributed by atoms with E-state index < -0.39 is 41.3 Å². The highest BCUT2D eigenvalue weighted by Gasteiger charge is 2.48. The van der Waals surface area contributed by atoms with Gasteiger partial charge >= 0.3 is 0 Å². The molecule has 3 unspecified atom stereocenters. The van der Waals surface area contributed by atoms with E-state index in [1.807, 2.05) is 6.07 Å². The van der Waals surface area contributed by atoms with Crippen LogP contribution in [0.25, 0.3) is 0 Å². The predicted octanol–water partition coefficient (Wildman–Crippen LogP) is 2.58. The molecule has 1 aromatic carbocycles. The van der Waals surface area contributed by atoms with Gasteiger partial charge in [-0.15, -0.1) is 23.4 Å². The van der Waals surface area contributed by atoms with Crippen molar-refractivity contribution >= 4 is 29.3 Å². The summed E-state index contributed by atoms with van der Waals surface area (Å²) < 4.78 is 19.2. The third kappa shape index (κ3) is 8.03. The molecule has 2 aliphatic rings. The molecule has 5 N–H and O–H groups in total. The third-order valence-corrected chi connectivity index (χ3v) is 8.46. The smallest absolute Gasteiger partial charge is 0.237 e. The summed E-state index contributed by atoms with van der Waals surface area (Å²) in [6, 6.07) is 5.63. The highest BCUT2D eigenvalue weighted by atomic mass is 35.5. The van der Waals surface area contributed by atoms with Gasteiger partial charge in [-0.25, -0.2) is 4.39 Å². The molecule has 0 aromatic heterocycles. The summed E-state index contributed by atoms with van der Waals surface area (Å²) in [7, 11) is 0. The maximum atomic E-state index is 13.3. The van der Waals surface area contributed by atoms with E-state index >= 15 is 0 Å². The zero-order valence-corrected chi connectivity index (χ0v) is 22.6. The molecule has 0 aliphatic carbocycles. The molecule has 204 valence electrons. The second kappa shape index (κ2) is 14.3. The molecule has 36 heavy (non-hydrogen) atoms. The highest BCUT2D eigenvalue weighted by molar-refractivity contribution is 7.99. The number of aryl methyl sites for hydroxylation is 1. The maximum Gasteiger partial charge on any atom is 0.237 e. The summed E-state index contributed by atoms with van der Waals surface area (Å²) in [5.41, 5.74) is 0.288. The number of thioether (sulfide) groups is 1. The van der Waals surface area contributed by atoms with Crippen LogP contribution in [0.15, 0.2) is 24.3 Å². The summed E-state index contributed by atoms with van der Waals surface area (Å²) in [5.74, 6) is 0.115. The Bertz CT molecular complexity index is 835. The van der Waals surface area contributed by atoms with E-state index in [0.717, 1.165) is 50.6 Å². The fourth-order valence-electron chi connectivity index (χ4n) is 5.17. The normalized spacial score (nSPS) is 32.9. The van der Waals surface area contributed by atoms with Gasteiger partial charge in [-0.2, -0.15) is 0 Å². The number of carbonyl (C=O) groups is 1. The average molecular weight is 547 g/mol. The van der Waals surface area contributed by atoms with Crippen molar-refractivity contribution in [3.63, 3.8) is 0 Å². The molecule has 7 nitrogen and oxygen atoms in total. The minimum absolute atomic E-state index is 0.195. The topological polar surface area (TPSA) is 111 Å². The van der Waals surface area contributed by atoms with Crippen LogP contribution in [-0.2, 0) is 16.0 Å². The lowest BCUT2D eigenvalue weighted by Gasteiger charge is -2.44. The van der Waals surface area contributed by atoms with Gasteiger partial charge in [-0.3, -0.25) is 4.79 Å². The van der Waals surface area contributed by atoms with E-state index in [2.05, 4.69) is 10.6 Å². The number of nitrogens with one attached hydrogen (secondary N) is 2. The number of aliphatic hydroxyl groups excluding tert-OH is 3. The van der Waals surface area contributed by atoms with Crippen molar-refractivity contribution in [1.82, 2.24) is 10.6 Å². The molecular formula is C26H40ClFN2O5S. The lowest BCUT2D eigenvalue weighted by Crippen LogP contribution is -2.65. The number of hydrogen-bond donors (Lipinski definition) is 5. The Morgan fingerprint density at radius 2 is 2.00 bits per heavy atom. The minimum Gasteiger partial charge on any atom is -0.388 e. The van der Waals surface area contributed by atoms with Gasteiger partial charge in [0.1, 0.15) is 35.7 Å².